The molecule has 0 aromatic rings. The summed E-state index contributed by atoms with van der Waals surface area (Å²) in [5.41, 5.74) is 0. The van der Waals surface area contributed by atoms with Gasteiger partial charge in [-0.15, -0.1) is 0 Å². The second-order valence-electron chi connectivity index (χ2n) is 3.71. The van der Waals surface area contributed by atoms with Gasteiger partial charge in [0.1, 0.15) is 0 Å². The first kappa shape index (κ1) is 21.1. The van der Waals surface area contributed by atoms with Crippen molar-refractivity contribution in [1.29, 1.82) is 0 Å². The van der Waals surface area contributed by atoms with E-state index in [0.717, 1.165) is 12.8 Å². The molecule has 4 N–H and O–H groups in total. The number of aliphatic hydroxyl groups is 2. The number of aliphatic carboxylic acids is 2. The molecule has 8 heteroatoms. The standard InChI is InChI=1S/C8H14O5.C4H10O3/c1-2-3-4-13-6(8(11)12)5-7(9)10;5-1-3-7-4-2-6/h6H,2-5H2,1H3,(H,9,10)(H,11,12);5-6H,1-4H2. The third-order valence-electron chi connectivity index (χ3n) is 1.92. The summed E-state index contributed by atoms with van der Waals surface area (Å²) >= 11 is 0. The Balaban J connectivity index is 0. The molecule has 0 saturated carbocycles. The minimum atomic E-state index is -1.22. The summed E-state index contributed by atoms with van der Waals surface area (Å²) in [6.45, 7) is 2.93. The van der Waals surface area contributed by atoms with Crippen molar-refractivity contribution in [1.82, 2.24) is 0 Å². The Morgan fingerprint density at radius 3 is 1.95 bits per heavy atom. The van der Waals surface area contributed by atoms with E-state index in [-0.39, 0.29) is 13.2 Å². The van der Waals surface area contributed by atoms with Crippen LogP contribution in [0.2, 0.25) is 0 Å². The highest BCUT2D eigenvalue weighted by atomic mass is 16.5. The van der Waals surface area contributed by atoms with Gasteiger partial charge < -0.3 is 29.9 Å². The first-order chi connectivity index (χ1) is 9.49. The Morgan fingerprint density at radius 1 is 1.05 bits per heavy atom. The van der Waals surface area contributed by atoms with Crippen LogP contribution in [0.1, 0.15) is 26.2 Å². The Labute approximate surface area is 117 Å². The van der Waals surface area contributed by atoms with Gasteiger partial charge in [0, 0.05) is 6.61 Å². The summed E-state index contributed by atoms with van der Waals surface area (Å²) in [6, 6.07) is 0. The first-order valence-corrected chi connectivity index (χ1v) is 6.35. The lowest BCUT2D eigenvalue weighted by molar-refractivity contribution is -0.156. The highest BCUT2D eigenvalue weighted by Crippen LogP contribution is 2.01. The summed E-state index contributed by atoms with van der Waals surface area (Å²) < 4.78 is 9.51. The molecule has 20 heavy (non-hydrogen) atoms. The van der Waals surface area contributed by atoms with E-state index < -0.39 is 24.5 Å². The van der Waals surface area contributed by atoms with Crippen LogP contribution in [-0.4, -0.2) is 71.5 Å². The molecule has 0 saturated heterocycles. The molecule has 0 heterocycles. The zero-order valence-corrected chi connectivity index (χ0v) is 11.7. The molecule has 0 aliphatic heterocycles. The summed E-state index contributed by atoms with van der Waals surface area (Å²) in [7, 11) is 0. The predicted molar refractivity (Wildman–Crippen MR) is 69.5 cm³/mol. The average molecular weight is 296 g/mol. The van der Waals surface area contributed by atoms with E-state index in [9.17, 15) is 9.59 Å². The monoisotopic (exact) mass is 296 g/mol. The lowest BCUT2D eigenvalue weighted by atomic mass is 10.2. The quantitative estimate of drug-likeness (QED) is 0.382. The Morgan fingerprint density at radius 2 is 1.60 bits per heavy atom. The van der Waals surface area contributed by atoms with Gasteiger partial charge in [0.05, 0.1) is 32.8 Å². The molecule has 0 aromatic heterocycles. The molecule has 0 radical (unpaired) electrons. The van der Waals surface area contributed by atoms with Crippen molar-refractivity contribution >= 4 is 11.9 Å². The summed E-state index contributed by atoms with van der Waals surface area (Å²) in [4.78, 5) is 20.6. The van der Waals surface area contributed by atoms with Crippen molar-refractivity contribution in [3.8, 4) is 0 Å². The van der Waals surface area contributed by atoms with Crippen LogP contribution in [0.15, 0.2) is 0 Å². The SMILES string of the molecule is CCCCOC(CC(=O)O)C(=O)O.OCCOCCO. The van der Waals surface area contributed by atoms with Crippen LogP contribution in [0.4, 0.5) is 0 Å². The van der Waals surface area contributed by atoms with E-state index in [2.05, 4.69) is 4.74 Å². The predicted octanol–water partition coefficient (Wildman–Crippen LogP) is -0.281. The Hall–Kier alpha value is -1.22. The van der Waals surface area contributed by atoms with Gasteiger partial charge in [0.15, 0.2) is 6.10 Å². The van der Waals surface area contributed by atoms with Crippen molar-refractivity contribution in [3.05, 3.63) is 0 Å². The fourth-order valence-electron chi connectivity index (χ4n) is 0.977. The molecule has 0 fully saturated rings. The molecular weight excluding hydrogens is 272 g/mol. The molecule has 0 amide bonds. The second-order valence-corrected chi connectivity index (χ2v) is 3.71. The maximum absolute atomic E-state index is 10.4. The molecule has 8 nitrogen and oxygen atoms in total. The van der Waals surface area contributed by atoms with Crippen molar-refractivity contribution < 1.29 is 39.5 Å². The molecule has 1 atom stereocenters. The number of ether oxygens (including phenoxy) is 2. The molecule has 1 unspecified atom stereocenters. The maximum atomic E-state index is 10.4. The van der Waals surface area contributed by atoms with Crippen LogP contribution >= 0.6 is 0 Å². The lowest BCUT2D eigenvalue weighted by Gasteiger charge is -2.10. The Kier molecular flexibility index (Phi) is 16.7. The van der Waals surface area contributed by atoms with Crippen LogP contribution in [0.3, 0.4) is 0 Å². The van der Waals surface area contributed by atoms with Crippen LogP contribution in [0.25, 0.3) is 0 Å². The van der Waals surface area contributed by atoms with Crippen LogP contribution < -0.4 is 0 Å². The fourth-order valence-corrected chi connectivity index (χ4v) is 0.977. The van der Waals surface area contributed by atoms with Gasteiger partial charge in [-0.05, 0) is 6.42 Å². The third-order valence-corrected chi connectivity index (χ3v) is 1.92. The fraction of sp³-hybridized carbons (Fsp3) is 0.833. The smallest absolute Gasteiger partial charge is 0.333 e. The zero-order chi connectivity index (χ0) is 15.8. The van der Waals surface area contributed by atoms with Gasteiger partial charge in [-0.25, -0.2) is 4.79 Å². The maximum Gasteiger partial charge on any atom is 0.333 e. The molecule has 0 aliphatic rings. The Bertz CT molecular complexity index is 240. The van der Waals surface area contributed by atoms with Gasteiger partial charge >= 0.3 is 11.9 Å². The van der Waals surface area contributed by atoms with Crippen molar-refractivity contribution in [3.63, 3.8) is 0 Å². The molecule has 120 valence electrons. The number of aliphatic hydroxyl groups excluding tert-OH is 2. The van der Waals surface area contributed by atoms with Crippen LogP contribution in [-0.2, 0) is 19.1 Å². The van der Waals surface area contributed by atoms with E-state index >= 15 is 0 Å². The molecule has 0 spiro atoms. The van der Waals surface area contributed by atoms with Gasteiger partial charge in [-0.2, -0.15) is 0 Å². The average Bonchev–Trinajstić information content (AvgIpc) is 2.38. The van der Waals surface area contributed by atoms with Gasteiger partial charge in [0.2, 0.25) is 0 Å². The highest BCUT2D eigenvalue weighted by Gasteiger charge is 2.20. The minimum absolute atomic E-state index is 0.0278. The number of unbranched alkanes of at least 4 members (excludes halogenated alkanes) is 1. The van der Waals surface area contributed by atoms with E-state index in [4.69, 9.17) is 25.2 Å². The number of carbonyl (C=O) groups is 2. The summed E-state index contributed by atoms with van der Waals surface area (Å²) in [5, 5.41) is 33.1. The summed E-state index contributed by atoms with van der Waals surface area (Å²) in [5.74, 6) is -2.39. The number of hydrogen-bond donors (Lipinski definition) is 4. The summed E-state index contributed by atoms with van der Waals surface area (Å²) in [6.07, 6.45) is -0.0777. The first-order valence-electron chi connectivity index (χ1n) is 6.35. The van der Waals surface area contributed by atoms with Crippen molar-refractivity contribution in [2.75, 3.05) is 33.0 Å². The number of carboxylic acids is 2. The van der Waals surface area contributed by atoms with Gasteiger partial charge in [-0.1, -0.05) is 13.3 Å². The van der Waals surface area contributed by atoms with Crippen LogP contribution in [0.5, 0.6) is 0 Å². The molecule has 0 rings (SSSR count). The van der Waals surface area contributed by atoms with Crippen molar-refractivity contribution in [2.45, 2.75) is 32.3 Å². The molecule has 0 aliphatic carbocycles. The van der Waals surface area contributed by atoms with E-state index in [1.165, 1.54) is 0 Å². The molecule has 0 bridgehead atoms. The topological polar surface area (TPSA) is 134 Å². The van der Waals surface area contributed by atoms with Crippen LogP contribution in [0, 0.1) is 0 Å². The second kappa shape index (κ2) is 15.8. The van der Waals surface area contributed by atoms with Gasteiger partial charge in [-0.3, -0.25) is 4.79 Å². The minimum Gasteiger partial charge on any atom is -0.481 e. The van der Waals surface area contributed by atoms with E-state index in [1.807, 2.05) is 6.92 Å². The molecule has 0 aromatic carbocycles. The lowest BCUT2D eigenvalue weighted by Crippen LogP contribution is -2.27. The number of rotatable bonds is 11. The number of hydrogen-bond acceptors (Lipinski definition) is 6. The third kappa shape index (κ3) is 16.8. The number of carboxylic acid groups (broad SMARTS) is 2. The zero-order valence-electron chi connectivity index (χ0n) is 11.7. The largest absolute Gasteiger partial charge is 0.481 e. The highest BCUT2D eigenvalue weighted by molar-refractivity contribution is 5.79. The molecular formula is C12H24O8. The van der Waals surface area contributed by atoms with E-state index in [1.54, 1.807) is 0 Å². The van der Waals surface area contributed by atoms with E-state index in [0.29, 0.717) is 19.8 Å². The van der Waals surface area contributed by atoms with Gasteiger partial charge in [0.25, 0.3) is 0 Å². The van der Waals surface area contributed by atoms with Crippen molar-refractivity contribution in [2.24, 2.45) is 0 Å². The normalized spacial score (nSPS) is 11.3.